The van der Waals surface area contributed by atoms with Crippen molar-refractivity contribution in [2.24, 2.45) is 0 Å². The zero-order valence-electron chi connectivity index (χ0n) is 18.3. The van der Waals surface area contributed by atoms with Crippen molar-refractivity contribution in [3.05, 3.63) is 59.7 Å². The van der Waals surface area contributed by atoms with Gasteiger partial charge in [0.05, 0.1) is 17.1 Å². The van der Waals surface area contributed by atoms with Gasteiger partial charge in [0, 0.05) is 18.7 Å². The molecule has 176 valence electrons. The molecule has 0 atom stereocenters. The molecule has 2 aromatic rings. The molecule has 1 aliphatic heterocycles. The number of amides is 1. The Morgan fingerprint density at radius 2 is 1.67 bits per heavy atom. The fourth-order valence-electron chi connectivity index (χ4n) is 3.35. The molecular formula is C23H26N2O7S. The van der Waals surface area contributed by atoms with Crippen LogP contribution in [0.2, 0.25) is 0 Å². The Bertz CT molecular complexity index is 1110. The van der Waals surface area contributed by atoms with Gasteiger partial charge in [0.1, 0.15) is 12.3 Å². The largest absolute Gasteiger partial charge is 0.493 e. The van der Waals surface area contributed by atoms with Crippen LogP contribution in [-0.2, 0) is 19.6 Å². The van der Waals surface area contributed by atoms with E-state index in [9.17, 15) is 22.8 Å². The van der Waals surface area contributed by atoms with E-state index in [0.717, 1.165) is 12.8 Å². The Morgan fingerprint density at radius 3 is 2.33 bits per heavy atom. The van der Waals surface area contributed by atoms with Gasteiger partial charge in [-0.25, -0.2) is 8.42 Å². The molecular weight excluding hydrogens is 448 g/mol. The van der Waals surface area contributed by atoms with E-state index < -0.39 is 40.8 Å². The first kappa shape index (κ1) is 24.4. The van der Waals surface area contributed by atoms with Crippen molar-refractivity contribution >= 4 is 27.7 Å². The van der Waals surface area contributed by atoms with Crippen LogP contribution >= 0.6 is 0 Å². The minimum atomic E-state index is -3.56. The minimum Gasteiger partial charge on any atom is -0.493 e. The predicted octanol–water partition coefficient (Wildman–Crippen LogP) is 2.03. The average Bonchev–Trinajstić information content (AvgIpc) is 3.38. The first-order chi connectivity index (χ1) is 15.8. The second-order valence-electron chi connectivity index (χ2n) is 7.33. The Balaban J connectivity index is 1.49. The van der Waals surface area contributed by atoms with Gasteiger partial charge in [-0.3, -0.25) is 14.4 Å². The second-order valence-corrected chi connectivity index (χ2v) is 9.27. The van der Waals surface area contributed by atoms with Gasteiger partial charge in [0.15, 0.2) is 12.4 Å². The second kappa shape index (κ2) is 11.1. The van der Waals surface area contributed by atoms with Crippen LogP contribution in [0.25, 0.3) is 0 Å². The van der Waals surface area contributed by atoms with Crippen LogP contribution in [0, 0.1) is 0 Å². The molecule has 1 heterocycles. The molecule has 2 aromatic carbocycles. The highest BCUT2D eigenvalue weighted by Gasteiger charge is 2.27. The molecule has 0 bridgehead atoms. The molecule has 0 aliphatic carbocycles. The number of Topliss-reactive ketones (excluding diaryl/α,β-unsaturated/α-hetero) is 1. The van der Waals surface area contributed by atoms with E-state index in [1.54, 1.807) is 31.2 Å². The van der Waals surface area contributed by atoms with Crippen molar-refractivity contribution in [2.75, 3.05) is 32.8 Å². The standard InChI is InChI=1S/C23H26N2O7S/c1-2-31-21-8-4-3-7-19(21)23(28)24-15-22(27)32-16-20(26)17-9-11-18(12-10-17)33(29,30)25-13-5-6-14-25/h3-4,7-12H,2,5-6,13-16H2,1H3,(H,24,28). The van der Waals surface area contributed by atoms with Crippen molar-refractivity contribution in [3.8, 4) is 5.75 Å². The molecule has 0 aromatic heterocycles. The minimum absolute atomic E-state index is 0.119. The molecule has 10 heteroatoms. The van der Waals surface area contributed by atoms with E-state index in [2.05, 4.69) is 5.32 Å². The lowest BCUT2D eigenvalue weighted by molar-refractivity contribution is -0.141. The molecule has 1 amide bonds. The number of nitrogens with zero attached hydrogens (tertiary/aromatic N) is 1. The van der Waals surface area contributed by atoms with Gasteiger partial charge < -0.3 is 14.8 Å². The molecule has 9 nitrogen and oxygen atoms in total. The van der Waals surface area contributed by atoms with Crippen molar-refractivity contribution in [1.82, 2.24) is 9.62 Å². The van der Waals surface area contributed by atoms with Crippen LogP contribution in [0.5, 0.6) is 5.75 Å². The Kier molecular flexibility index (Phi) is 8.18. The number of ketones is 1. The lowest BCUT2D eigenvalue weighted by atomic mass is 10.1. The summed E-state index contributed by atoms with van der Waals surface area (Å²) in [6, 6.07) is 12.2. The van der Waals surface area contributed by atoms with Crippen molar-refractivity contribution < 1.29 is 32.3 Å². The summed E-state index contributed by atoms with van der Waals surface area (Å²) in [5.41, 5.74) is 0.505. The Labute approximate surface area is 192 Å². The van der Waals surface area contributed by atoms with Gasteiger partial charge in [0.2, 0.25) is 10.0 Å². The lowest BCUT2D eigenvalue weighted by Gasteiger charge is -2.15. The number of nitrogens with one attached hydrogen (secondary N) is 1. The lowest BCUT2D eigenvalue weighted by Crippen LogP contribution is -2.31. The third kappa shape index (κ3) is 6.17. The fraction of sp³-hybridized carbons (Fsp3) is 0.348. The van der Waals surface area contributed by atoms with Gasteiger partial charge in [-0.15, -0.1) is 0 Å². The van der Waals surface area contributed by atoms with Crippen LogP contribution < -0.4 is 10.1 Å². The molecule has 0 spiro atoms. The molecule has 33 heavy (non-hydrogen) atoms. The highest BCUT2D eigenvalue weighted by molar-refractivity contribution is 7.89. The molecule has 0 radical (unpaired) electrons. The molecule has 1 fully saturated rings. The van der Waals surface area contributed by atoms with Crippen LogP contribution in [0.15, 0.2) is 53.4 Å². The third-order valence-electron chi connectivity index (χ3n) is 5.07. The maximum absolute atomic E-state index is 12.5. The van der Waals surface area contributed by atoms with Gasteiger partial charge >= 0.3 is 5.97 Å². The van der Waals surface area contributed by atoms with E-state index in [1.165, 1.54) is 28.6 Å². The molecule has 1 N–H and O–H groups in total. The van der Waals surface area contributed by atoms with Crippen molar-refractivity contribution in [3.63, 3.8) is 0 Å². The van der Waals surface area contributed by atoms with Gasteiger partial charge in [-0.2, -0.15) is 4.31 Å². The number of para-hydroxylation sites is 1. The average molecular weight is 475 g/mol. The molecule has 3 rings (SSSR count). The summed E-state index contributed by atoms with van der Waals surface area (Å²) in [5.74, 6) is -1.37. The quantitative estimate of drug-likeness (QED) is 0.413. The number of hydrogen-bond donors (Lipinski definition) is 1. The highest BCUT2D eigenvalue weighted by atomic mass is 32.2. The topological polar surface area (TPSA) is 119 Å². The Morgan fingerprint density at radius 1 is 1.00 bits per heavy atom. The summed E-state index contributed by atoms with van der Waals surface area (Å²) in [6.07, 6.45) is 1.67. The monoisotopic (exact) mass is 474 g/mol. The van der Waals surface area contributed by atoms with Gasteiger partial charge in [0.25, 0.3) is 5.91 Å². The normalized spacial score (nSPS) is 14.0. The van der Waals surface area contributed by atoms with Crippen LogP contribution in [-0.4, -0.2) is 63.2 Å². The van der Waals surface area contributed by atoms with Gasteiger partial charge in [-0.05, 0) is 56.2 Å². The highest BCUT2D eigenvalue weighted by Crippen LogP contribution is 2.21. The Hall–Kier alpha value is -3.24. The van der Waals surface area contributed by atoms with Crippen LogP contribution in [0.3, 0.4) is 0 Å². The van der Waals surface area contributed by atoms with E-state index >= 15 is 0 Å². The molecule has 0 unspecified atom stereocenters. The first-order valence-electron chi connectivity index (χ1n) is 10.6. The summed E-state index contributed by atoms with van der Waals surface area (Å²) in [4.78, 5) is 36.7. The number of benzene rings is 2. The first-order valence-corrected chi connectivity index (χ1v) is 12.1. The van der Waals surface area contributed by atoms with E-state index in [1.807, 2.05) is 0 Å². The predicted molar refractivity (Wildman–Crippen MR) is 120 cm³/mol. The zero-order chi connectivity index (χ0) is 23.8. The van der Waals surface area contributed by atoms with Gasteiger partial charge in [-0.1, -0.05) is 12.1 Å². The van der Waals surface area contributed by atoms with Crippen molar-refractivity contribution in [2.45, 2.75) is 24.7 Å². The molecule has 1 aliphatic rings. The summed E-state index contributed by atoms with van der Waals surface area (Å²) in [5, 5.41) is 2.44. The van der Waals surface area contributed by atoms with E-state index in [0.29, 0.717) is 25.4 Å². The molecule has 0 saturated carbocycles. The smallest absolute Gasteiger partial charge is 0.325 e. The molecule has 1 saturated heterocycles. The summed E-state index contributed by atoms with van der Waals surface area (Å²) in [6.45, 7) is 2.23. The zero-order valence-corrected chi connectivity index (χ0v) is 19.1. The van der Waals surface area contributed by atoms with Crippen LogP contribution in [0.1, 0.15) is 40.5 Å². The number of ether oxygens (including phenoxy) is 2. The number of carbonyl (C=O) groups excluding carboxylic acids is 3. The van der Waals surface area contributed by atoms with E-state index in [4.69, 9.17) is 9.47 Å². The number of rotatable bonds is 10. The van der Waals surface area contributed by atoms with Crippen molar-refractivity contribution in [1.29, 1.82) is 0 Å². The SMILES string of the molecule is CCOc1ccccc1C(=O)NCC(=O)OCC(=O)c1ccc(S(=O)(=O)N2CCCC2)cc1. The fourth-order valence-corrected chi connectivity index (χ4v) is 4.87. The maximum atomic E-state index is 12.5. The maximum Gasteiger partial charge on any atom is 0.325 e. The summed E-state index contributed by atoms with van der Waals surface area (Å²) >= 11 is 0. The van der Waals surface area contributed by atoms with E-state index in [-0.39, 0.29) is 16.0 Å². The van der Waals surface area contributed by atoms with Crippen LogP contribution in [0.4, 0.5) is 0 Å². The summed E-state index contributed by atoms with van der Waals surface area (Å²) in [7, 11) is -3.56. The number of carbonyl (C=O) groups is 3. The number of hydrogen-bond acceptors (Lipinski definition) is 7. The number of sulfonamides is 1. The number of esters is 1. The summed E-state index contributed by atoms with van der Waals surface area (Å²) < 4.78 is 36.8. The third-order valence-corrected chi connectivity index (χ3v) is 6.98.